The fourth-order valence-electron chi connectivity index (χ4n) is 2.38. The Morgan fingerprint density at radius 1 is 1.53 bits per heavy atom. The van der Waals surface area contributed by atoms with Crippen molar-refractivity contribution in [1.29, 1.82) is 0 Å². The SMILES string of the molecule is CC(O)C1CCN(C(=O)c2cccc(NN)n2)CC1. The topological polar surface area (TPSA) is 91.5 Å². The second kappa shape index (κ2) is 5.99. The number of pyridine rings is 1. The average molecular weight is 264 g/mol. The summed E-state index contributed by atoms with van der Waals surface area (Å²) in [6, 6.07) is 5.14. The molecule has 1 atom stereocenters. The average Bonchev–Trinajstić information content (AvgIpc) is 2.46. The largest absolute Gasteiger partial charge is 0.393 e. The van der Waals surface area contributed by atoms with E-state index in [1.54, 1.807) is 30.0 Å². The first-order chi connectivity index (χ1) is 9.11. The number of hydrogen-bond acceptors (Lipinski definition) is 5. The van der Waals surface area contributed by atoms with Crippen LogP contribution in [0.25, 0.3) is 0 Å². The molecule has 0 radical (unpaired) electrons. The number of aromatic nitrogens is 1. The van der Waals surface area contributed by atoms with Crippen molar-refractivity contribution >= 4 is 11.7 Å². The van der Waals surface area contributed by atoms with Gasteiger partial charge in [-0.05, 0) is 37.8 Å². The van der Waals surface area contributed by atoms with E-state index in [4.69, 9.17) is 5.84 Å². The Morgan fingerprint density at radius 2 is 2.21 bits per heavy atom. The minimum Gasteiger partial charge on any atom is -0.393 e. The van der Waals surface area contributed by atoms with E-state index in [9.17, 15) is 9.90 Å². The summed E-state index contributed by atoms with van der Waals surface area (Å²) in [5.41, 5.74) is 2.83. The van der Waals surface area contributed by atoms with Gasteiger partial charge < -0.3 is 15.4 Å². The highest BCUT2D eigenvalue weighted by Gasteiger charge is 2.26. The fraction of sp³-hybridized carbons (Fsp3) is 0.538. The maximum atomic E-state index is 12.3. The molecule has 104 valence electrons. The molecule has 1 amide bonds. The molecule has 1 unspecified atom stereocenters. The lowest BCUT2D eigenvalue weighted by Crippen LogP contribution is -2.41. The molecule has 2 rings (SSSR count). The number of nitrogens with two attached hydrogens (primary N) is 1. The molecule has 2 heterocycles. The second-order valence-corrected chi connectivity index (χ2v) is 4.92. The Hall–Kier alpha value is -1.66. The standard InChI is InChI=1S/C13H20N4O2/c1-9(18)10-5-7-17(8-6-10)13(19)11-3-2-4-12(15-11)16-14/h2-4,9-10,18H,5-8,14H2,1H3,(H,15,16). The molecule has 1 aliphatic heterocycles. The minimum atomic E-state index is -0.305. The van der Waals surface area contributed by atoms with Gasteiger partial charge in [-0.15, -0.1) is 0 Å². The molecular weight excluding hydrogens is 244 g/mol. The first kappa shape index (κ1) is 13.8. The Bertz CT molecular complexity index is 442. The Kier molecular flexibility index (Phi) is 4.34. The molecule has 1 aromatic rings. The highest BCUT2D eigenvalue weighted by Crippen LogP contribution is 2.21. The number of rotatable bonds is 3. The summed E-state index contributed by atoms with van der Waals surface area (Å²) in [4.78, 5) is 18.2. The highest BCUT2D eigenvalue weighted by atomic mass is 16.3. The van der Waals surface area contributed by atoms with E-state index in [-0.39, 0.29) is 17.9 Å². The van der Waals surface area contributed by atoms with Gasteiger partial charge in [-0.3, -0.25) is 4.79 Å². The zero-order valence-electron chi connectivity index (χ0n) is 11.0. The number of hydrogen-bond donors (Lipinski definition) is 3. The number of hydrazine groups is 1. The van der Waals surface area contributed by atoms with Gasteiger partial charge in [-0.1, -0.05) is 6.07 Å². The lowest BCUT2D eigenvalue weighted by atomic mass is 9.92. The van der Waals surface area contributed by atoms with E-state index in [1.165, 1.54) is 0 Å². The second-order valence-electron chi connectivity index (χ2n) is 4.92. The van der Waals surface area contributed by atoms with Crippen LogP contribution in [0.15, 0.2) is 18.2 Å². The lowest BCUT2D eigenvalue weighted by molar-refractivity contribution is 0.0517. The molecule has 1 saturated heterocycles. The van der Waals surface area contributed by atoms with E-state index in [0.717, 1.165) is 12.8 Å². The third-order valence-electron chi connectivity index (χ3n) is 3.63. The predicted octanol–water partition coefficient (Wildman–Crippen LogP) is 0.600. The van der Waals surface area contributed by atoms with Crippen LogP contribution in [-0.4, -0.2) is 40.1 Å². The van der Waals surface area contributed by atoms with Crippen LogP contribution in [0.5, 0.6) is 0 Å². The van der Waals surface area contributed by atoms with E-state index in [0.29, 0.717) is 24.6 Å². The van der Waals surface area contributed by atoms with Gasteiger partial charge in [0, 0.05) is 13.1 Å². The van der Waals surface area contributed by atoms with Gasteiger partial charge in [-0.25, -0.2) is 10.8 Å². The van der Waals surface area contributed by atoms with Crippen LogP contribution in [0.4, 0.5) is 5.82 Å². The molecular formula is C13H20N4O2. The maximum absolute atomic E-state index is 12.3. The van der Waals surface area contributed by atoms with Gasteiger partial charge in [0.2, 0.25) is 0 Å². The van der Waals surface area contributed by atoms with Crippen LogP contribution in [0, 0.1) is 5.92 Å². The van der Waals surface area contributed by atoms with E-state index < -0.39 is 0 Å². The third-order valence-corrected chi connectivity index (χ3v) is 3.63. The maximum Gasteiger partial charge on any atom is 0.272 e. The van der Waals surface area contributed by atoms with E-state index in [2.05, 4.69) is 10.4 Å². The number of piperidine rings is 1. The molecule has 1 fully saturated rings. The van der Waals surface area contributed by atoms with Crippen LogP contribution < -0.4 is 11.3 Å². The summed E-state index contributed by atoms with van der Waals surface area (Å²) in [5.74, 6) is 5.96. The number of nitrogens with zero attached hydrogens (tertiary/aromatic N) is 2. The van der Waals surface area contributed by atoms with E-state index in [1.807, 2.05) is 0 Å². The normalized spacial score (nSPS) is 18.2. The molecule has 1 aromatic heterocycles. The first-order valence-corrected chi connectivity index (χ1v) is 6.53. The summed E-state index contributed by atoms with van der Waals surface area (Å²) in [5, 5.41) is 9.55. The number of nitrogens with one attached hydrogen (secondary N) is 1. The first-order valence-electron chi connectivity index (χ1n) is 6.53. The zero-order valence-corrected chi connectivity index (χ0v) is 11.0. The number of carbonyl (C=O) groups excluding carboxylic acids is 1. The Labute approximate surface area is 112 Å². The fourth-order valence-corrected chi connectivity index (χ4v) is 2.38. The smallest absolute Gasteiger partial charge is 0.272 e. The number of nitrogen functional groups attached to an aromatic ring is 1. The number of aliphatic hydroxyl groups excluding tert-OH is 1. The van der Waals surface area contributed by atoms with Crippen LogP contribution in [0.2, 0.25) is 0 Å². The molecule has 0 spiro atoms. The van der Waals surface area contributed by atoms with Crippen LogP contribution in [-0.2, 0) is 0 Å². The summed E-state index contributed by atoms with van der Waals surface area (Å²) in [6.45, 7) is 3.13. The van der Waals surface area contributed by atoms with Crippen molar-refractivity contribution < 1.29 is 9.90 Å². The quantitative estimate of drug-likeness (QED) is 0.549. The highest BCUT2D eigenvalue weighted by molar-refractivity contribution is 5.92. The zero-order chi connectivity index (χ0) is 13.8. The number of likely N-dealkylation sites (tertiary alicyclic amines) is 1. The van der Waals surface area contributed by atoms with Crippen molar-refractivity contribution in [3.63, 3.8) is 0 Å². The van der Waals surface area contributed by atoms with Crippen LogP contribution in [0.3, 0.4) is 0 Å². The molecule has 6 heteroatoms. The molecule has 4 N–H and O–H groups in total. The molecule has 0 bridgehead atoms. The van der Waals surface area contributed by atoms with Crippen molar-refractivity contribution in [2.45, 2.75) is 25.9 Å². The van der Waals surface area contributed by atoms with Crippen molar-refractivity contribution in [2.75, 3.05) is 18.5 Å². The lowest BCUT2D eigenvalue weighted by Gasteiger charge is -2.33. The third kappa shape index (κ3) is 3.21. The van der Waals surface area contributed by atoms with Crippen molar-refractivity contribution in [3.05, 3.63) is 23.9 Å². The van der Waals surface area contributed by atoms with Gasteiger partial charge >= 0.3 is 0 Å². The Balaban J connectivity index is 2.01. The number of anilines is 1. The van der Waals surface area contributed by atoms with Crippen molar-refractivity contribution in [1.82, 2.24) is 9.88 Å². The minimum absolute atomic E-state index is 0.0823. The van der Waals surface area contributed by atoms with Gasteiger partial charge in [-0.2, -0.15) is 0 Å². The summed E-state index contributed by atoms with van der Waals surface area (Å²) < 4.78 is 0. The molecule has 6 nitrogen and oxygen atoms in total. The van der Waals surface area contributed by atoms with Crippen LogP contribution >= 0.6 is 0 Å². The van der Waals surface area contributed by atoms with Gasteiger partial charge in [0.05, 0.1) is 6.10 Å². The molecule has 1 aliphatic rings. The summed E-state index contributed by atoms with van der Waals surface area (Å²) in [6.07, 6.45) is 1.36. The number of amides is 1. The number of aliphatic hydroxyl groups is 1. The van der Waals surface area contributed by atoms with E-state index >= 15 is 0 Å². The predicted molar refractivity (Wildman–Crippen MR) is 72.4 cm³/mol. The molecule has 0 aliphatic carbocycles. The monoisotopic (exact) mass is 264 g/mol. The summed E-state index contributed by atoms with van der Waals surface area (Å²) in [7, 11) is 0. The molecule has 0 aromatic carbocycles. The molecule has 0 saturated carbocycles. The summed E-state index contributed by atoms with van der Waals surface area (Å²) >= 11 is 0. The molecule has 19 heavy (non-hydrogen) atoms. The van der Waals surface area contributed by atoms with Crippen molar-refractivity contribution in [2.24, 2.45) is 11.8 Å². The number of carbonyl (C=O) groups is 1. The van der Waals surface area contributed by atoms with Gasteiger partial charge in [0.25, 0.3) is 5.91 Å². The Morgan fingerprint density at radius 3 is 2.79 bits per heavy atom. The van der Waals surface area contributed by atoms with Crippen molar-refractivity contribution in [3.8, 4) is 0 Å². The van der Waals surface area contributed by atoms with Gasteiger partial charge in [0.15, 0.2) is 0 Å². The van der Waals surface area contributed by atoms with Gasteiger partial charge in [0.1, 0.15) is 11.5 Å². The van der Waals surface area contributed by atoms with Crippen LogP contribution in [0.1, 0.15) is 30.3 Å².